The SMILES string of the molecule is O=C(c1ccc[nH]1)N1CCN(c2cc(C3CC(O)C3)ncn2)CC1. The molecule has 2 aliphatic rings. The van der Waals surface area contributed by atoms with Crippen molar-refractivity contribution in [2.24, 2.45) is 0 Å². The Morgan fingerprint density at radius 1 is 1.21 bits per heavy atom. The first-order chi connectivity index (χ1) is 11.7. The van der Waals surface area contributed by atoms with Crippen LogP contribution in [-0.4, -0.2) is 63.1 Å². The molecule has 7 heteroatoms. The van der Waals surface area contributed by atoms with Crippen LogP contribution in [0.1, 0.15) is 34.9 Å². The van der Waals surface area contributed by atoms with Gasteiger partial charge in [0.15, 0.2) is 0 Å². The van der Waals surface area contributed by atoms with Crippen molar-refractivity contribution in [2.45, 2.75) is 24.9 Å². The van der Waals surface area contributed by atoms with Crippen molar-refractivity contribution in [3.8, 4) is 0 Å². The van der Waals surface area contributed by atoms with Crippen LogP contribution in [-0.2, 0) is 0 Å². The van der Waals surface area contributed by atoms with Crippen molar-refractivity contribution in [3.05, 3.63) is 42.1 Å². The molecule has 2 aromatic rings. The monoisotopic (exact) mass is 327 g/mol. The molecule has 1 aliphatic heterocycles. The maximum Gasteiger partial charge on any atom is 0.270 e. The van der Waals surface area contributed by atoms with Crippen molar-refractivity contribution in [1.82, 2.24) is 19.9 Å². The third kappa shape index (κ3) is 2.87. The van der Waals surface area contributed by atoms with Gasteiger partial charge in [-0.2, -0.15) is 0 Å². The van der Waals surface area contributed by atoms with Gasteiger partial charge in [0.2, 0.25) is 0 Å². The third-order valence-electron chi connectivity index (χ3n) is 4.92. The molecule has 4 rings (SSSR count). The lowest BCUT2D eigenvalue weighted by molar-refractivity contribution is 0.0732. The number of aliphatic hydroxyl groups excluding tert-OH is 1. The van der Waals surface area contributed by atoms with Gasteiger partial charge in [0.1, 0.15) is 17.8 Å². The van der Waals surface area contributed by atoms with E-state index in [0.29, 0.717) is 24.7 Å². The molecule has 3 heterocycles. The van der Waals surface area contributed by atoms with Crippen molar-refractivity contribution in [1.29, 1.82) is 0 Å². The number of nitrogens with zero attached hydrogens (tertiary/aromatic N) is 4. The van der Waals surface area contributed by atoms with Gasteiger partial charge in [-0.25, -0.2) is 9.97 Å². The number of hydrogen-bond donors (Lipinski definition) is 2. The van der Waals surface area contributed by atoms with E-state index < -0.39 is 0 Å². The maximum absolute atomic E-state index is 12.4. The predicted octanol–water partition coefficient (Wildman–Crippen LogP) is 1.01. The minimum absolute atomic E-state index is 0.0477. The molecule has 0 unspecified atom stereocenters. The average molecular weight is 327 g/mol. The second kappa shape index (κ2) is 6.24. The topological polar surface area (TPSA) is 85.4 Å². The Morgan fingerprint density at radius 2 is 2.00 bits per heavy atom. The summed E-state index contributed by atoms with van der Waals surface area (Å²) in [5.74, 6) is 1.30. The Hall–Kier alpha value is -2.41. The second-order valence-corrected chi connectivity index (χ2v) is 6.49. The number of piperazine rings is 1. The number of carbonyl (C=O) groups excluding carboxylic acids is 1. The van der Waals surface area contributed by atoms with E-state index in [1.165, 1.54) is 0 Å². The van der Waals surface area contributed by atoms with Crippen molar-refractivity contribution < 1.29 is 9.90 Å². The quantitative estimate of drug-likeness (QED) is 0.879. The molecule has 0 aromatic carbocycles. The standard InChI is InChI=1S/C17H21N5O2/c23-13-8-12(9-13)15-10-16(20-11-19-15)21-4-6-22(7-5-21)17(24)14-2-1-3-18-14/h1-3,10-13,18,23H,4-9H2. The fraction of sp³-hybridized carbons (Fsp3) is 0.471. The number of aromatic amines is 1. The summed E-state index contributed by atoms with van der Waals surface area (Å²) in [4.78, 5) is 28.1. The Morgan fingerprint density at radius 3 is 2.67 bits per heavy atom. The molecule has 2 N–H and O–H groups in total. The Labute approximate surface area is 140 Å². The molecule has 7 nitrogen and oxygen atoms in total. The van der Waals surface area contributed by atoms with Gasteiger partial charge in [-0.15, -0.1) is 0 Å². The summed E-state index contributed by atoms with van der Waals surface area (Å²) in [6, 6.07) is 5.67. The van der Waals surface area contributed by atoms with Crippen LogP contribution in [0.15, 0.2) is 30.7 Å². The van der Waals surface area contributed by atoms with Crippen LogP contribution in [0.5, 0.6) is 0 Å². The molecule has 0 bridgehead atoms. The highest BCUT2D eigenvalue weighted by atomic mass is 16.3. The van der Waals surface area contributed by atoms with Gasteiger partial charge in [-0.1, -0.05) is 0 Å². The maximum atomic E-state index is 12.4. The largest absolute Gasteiger partial charge is 0.393 e. The van der Waals surface area contributed by atoms with Crippen LogP contribution in [0, 0.1) is 0 Å². The van der Waals surface area contributed by atoms with E-state index in [0.717, 1.165) is 37.4 Å². The van der Waals surface area contributed by atoms with Gasteiger partial charge >= 0.3 is 0 Å². The average Bonchev–Trinajstić information content (AvgIpc) is 3.13. The first-order valence-corrected chi connectivity index (χ1v) is 8.38. The highest BCUT2D eigenvalue weighted by molar-refractivity contribution is 5.92. The van der Waals surface area contributed by atoms with Crippen LogP contribution >= 0.6 is 0 Å². The van der Waals surface area contributed by atoms with E-state index in [-0.39, 0.29) is 12.0 Å². The van der Waals surface area contributed by atoms with E-state index in [4.69, 9.17) is 0 Å². The highest BCUT2D eigenvalue weighted by Crippen LogP contribution is 2.36. The van der Waals surface area contributed by atoms with Crippen LogP contribution in [0.25, 0.3) is 0 Å². The molecule has 24 heavy (non-hydrogen) atoms. The number of aromatic nitrogens is 3. The zero-order valence-corrected chi connectivity index (χ0v) is 13.4. The van der Waals surface area contributed by atoms with E-state index in [1.54, 1.807) is 18.6 Å². The van der Waals surface area contributed by atoms with E-state index in [2.05, 4.69) is 19.9 Å². The normalized spacial score (nSPS) is 23.9. The van der Waals surface area contributed by atoms with Gasteiger partial charge in [-0.3, -0.25) is 4.79 Å². The Balaban J connectivity index is 1.39. The molecule has 1 saturated carbocycles. The molecule has 1 saturated heterocycles. The van der Waals surface area contributed by atoms with Crippen molar-refractivity contribution >= 4 is 11.7 Å². The summed E-state index contributed by atoms with van der Waals surface area (Å²) < 4.78 is 0. The number of amides is 1. The van der Waals surface area contributed by atoms with Gasteiger partial charge in [0.05, 0.1) is 6.10 Å². The molecule has 2 aromatic heterocycles. The summed E-state index contributed by atoms with van der Waals surface area (Å²) in [7, 11) is 0. The molecule has 1 aliphatic carbocycles. The zero-order chi connectivity index (χ0) is 16.5. The predicted molar refractivity (Wildman–Crippen MR) is 88.9 cm³/mol. The molecule has 126 valence electrons. The lowest BCUT2D eigenvalue weighted by Gasteiger charge is -2.36. The summed E-state index contributed by atoms with van der Waals surface area (Å²) in [5.41, 5.74) is 1.64. The fourth-order valence-electron chi connectivity index (χ4n) is 3.36. The van der Waals surface area contributed by atoms with Gasteiger partial charge in [0.25, 0.3) is 5.91 Å². The van der Waals surface area contributed by atoms with E-state index >= 15 is 0 Å². The number of anilines is 1. The van der Waals surface area contributed by atoms with E-state index in [1.807, 2.05) is 17.0 Å². The molecule has 0 atom stereocenters. The minimum atomic E-state index is -0.184. The third-order valence-corrected chi connectivity index (χ3v) is 4.92. The Bertz CT molecular complexity index is 704. The van der Waals surface area contributed by atoms with Gasteiger partial charge in [-0.05, 0) is 25.0 Å². The molecule has 0 radical (unpaired) electrons. The van der Waals surface area contributed by atoms with Crippen LogP contribution in [0.2, 0.25) is 0 Å². The lowest BCUT2D eigenvalue weighted by Crippen LogP contribution is -2.49. The Kier molecular flexibility index (Phi) is 3.93. The van der Waals surface area contributed by atoms with Crippen molar-refractivity contribution in [3.63, 3.8) is 0 Å². The number of H-pyrrole nitrogens is 1. The van der Waals surface area contributed by atoms with Crippen molar-refractivity contribution in [2.75, 3.05) is 31.1 Å². The molecule has 0 spiro atoms. The molecular weight excluding hydrogens is 306 g/mol. The highest BCUT2D eigenvalue weighted by Gasteiger charge is 2.30. The number of rotatable bonds is 3. The summed E-state index contributed by atoms with van der Waals surface area (Å²) in [5, 5.41) is 9.46. The molecular formula is C17H21N5O2. The van der Waals surface area contributed by atoms with E-state index in [9.17, 15) is 9.90 Å². The molecule has 1 amide bonds. The summed E-state index contributed by atoms with van der Waals surface area (Å²) >= 11 is 0. The number of nitrogens with one attached hydrogen (secondary N) is 1. The van der Waals surface area contributed by atoms with Crippen LogP contribution in [0.3, 0.4) is 0 Å². The minimum Gasteiger partial charge on any atom is -0.393 e. The first-order valence-electron chi connectivity index (χ1n) is 8.38. The number of carbonyl (C=O) groups is 1. The zero-order valence-electron chi connectivity index (χ0n) is 13.4. The summed E-state index contributed by atoms with van der Waals surface area (Å²) in [6.45, 7) is 2.88. The number of aliphatic hydroxyl groups is 1. The van der Waals surface area contributed by atoms with Gasteiger partial charge in [0, 0.05) is 50.1 Å². The smallest absolute Gasteiger partial charge is 0.270 e. The first kappa shape index (κ1) is 15.1. The molecule has 2 fully saturated rings. The van der Waals surface area contributed by atoms with Gasteiger partial charge < -0.3 is 19.9 Å². The number of hydrogen-bond acceptors (Lipinski definition) is 5. The van der Waals surface area contributed by atoms with Crippen LogP contribution in [0.4, 0.5) is 5.82 Å². The lowest BCUT2D eigenvalue weighted by atomic mass is 9.80. The van der Waals surface area contributed by atoms with Crippen LogP contribution < -0.4 is 4.90 Å². The summed E-state index contributed by atoms with van der Waals surface area (Å²) in [6.07, 6.45) is 4.76. The second-order valence-electron chi connectivity index (χ2n) is 6.49. The fourth-order valence-corrected chi connectivity index (χ4v) is 3.36.